The second-order valence-electron chi connectivity index (χ2n) is 4.12. The van der Waals surface area contributed by atoms with Crippen LogP contribution in [0.5, 0.6) is 0 Å². The van der Waals surface area contributed by atoms with Gasteiger partial charge in [-0.2, -0.15) is 5.10 Å². The molecule has 0 saturated heterocycles. The van der Waals surface area contributed by atoms with Crippen LogP contribution in [0.25, 0.3) is 5.70 Å². The zero-order valence-corrected chi connectivity index (χ0v) is 10.6. The third-order valence-electron chi connectivity index (χ3n) is 2.81. The van der Waals surface area contributed by atoms with E-state index in [1.54, 1.807) is 10.9 Å². The van der Waals surface area contributed by atoms with E-state index in [0.29, 0.717) is 0 Å². The van der Waals surface area contributed by atoms with Crippen LogP contribution in [-0.4, -0.2) is 9.78 Å². The van der Waals surface area contributed by atoms with Crippen LogP contribution in [0.1, 0.15) is 16.8 Å². The first-order chi connectivity index (χ1) is 8.61. The van der Waals surface area contributed by atoms with Gasteiger partial charge in [-0.15, -0.1) is 6.42 Å². The molecule has 0 radical (unpaired) electrons. The summed E-state index contributed by atoms with van der Waals surface area (Å²) in [6.07, 6.45) is 7.11. The molecule has 0 amide bonds. The Morgan fingerprint density at radius 3 is 2.78 bits per heavy atom. The molecule has 1 aromatic carbocycles. The van der Waals surface area contributed by atoms with Gasteiger partial charge in [0.05, 0.1) is 11.4 Å². The highest BCUT2D eigenvalue weighted by atomic mass is 15.3. The van der Waals surface area contributed by atoms with E-state index in [2.05, 4.69) is 22.9 Å². The zero-order valence-electron chi connectivity index (χ0n) is 10.6. The van der Waals surface area contributed by atoms with Gasteiger partial charge in [-0.1, -0.05) is 12.5 Å². The molecule has 3 nitrogen and oxygen atoms in total. The maximum Gasteiger partial charge on any atom is 0.0835 e. The predicted octanol–water partition coefficient (Wildman–Crippen LogP) is 2.79. The normalized spacial score (nSPS) is 9.83. The molecule has 2 rings (SSSR count). The Hall–Kier alpha value is -2.47. The molecule has 0 aliphatic rings. The number of aromatic nitrogens is 2. The minimum Gasteiger partial charge on any atom is -0.354 e. The number of terminal acetylenes is 1. The van der Waals surface area contributed by atoms with Crippen molar-refractivity contribution >= 4 is 11.4 Å². The largest absolute Gasteiger partial charge is 0.354 e. The minimum absolute atomic E-state index is 0.812. The highest BCUT2D eigenvalue weighted by Crippen LogP contribution is 2.21. The minimum atomic E-state index is 0.812. The van der Waals surface area contributed by atoms with E-state index in [-0.39, 0.29) is 0 Å². The number of nitrogens with one attached hydrogen (secondary N) is 1. The molecule has 0 fully saturated rings. The Morgan fingerprint density at radius 2 is 2.22 bits per heavy atom. The summed E-state index contributed by atoms with van der Waals surface area (Å²) in [4.78, 5) is 0. The molecule has 0 aliphatic heterocycles. The molecular formula is C15H15N3. The van der Waals surface area contributed by atoms with Crippen LogP contribution in [0.2, 0.25) is 0 Å². The number of aryl methyl sites for hydroxylation is 2. The molecule has 1 aromatic heterocycles. The zero-order chi connectivity index (χ0) is 13.1. The first kappa shape index (κ1) is 12.0. The molecule has 0 unspecified atom stereocenters. The Labute approximate surface area is 107 Å². The lowest BCUT2D eigenvalue weighted by molar-refractivity contribution is 0.756. The number of rotatable bonds is 3. The quantitative estimate of drug-likeness (QED) is 0.832. The van der Waals surface area contributed by atoms with Crippen molar-refractivity contribution in [3.63, 3.8) is 0 Å². The molecule has 18 heavy (non-hydrogen) atoms. The summed E-state index contributed by atoms with van der Waals surface area (Å²) < 4.78 is 1.78. The molecule has 0 aliphatic carbocycles. The highest BCUT2D eigenvalue weighted by molar-refractivity contribution is 5.75. The fourth-order valence-corrected chi connectivity index (χ4v) is 1.79. The van der Waals surface area contributed by atoms with Crippen molar-refractivity contribution in [3.05, 3.63) is 53.9 Å². The maximum absolute atomic E-state index is 5.37. The van der Waals surface area contributed by atoms with E-state index in [4.69, 9.17) is 6.42 Å². The monoisotopic (exact) mass is 237 g/mol. The van der Waals surface area contributed by atoms with Crippen molar-refractivity contribution in [1.29, 1.82) is 0 Å². The smallest absolute Gasteiger partial charge is 0.0835 e. The molecule has 0 atom stereocenters. The van der Waals surface area contributed by atoms with Crippen LogP contribution in [-0.2, 0) is 7.05 Å². The molecule has 90 valence electrons. The fourth-order valence-electron chi connectivity index (χ4n) is 1.79. The molecule has 1 heterocycles. The lowest BCUT2D eigenvalue weighted by atomic mass is 10.1. The van der Waals surface area contributed by atoms with Gasteiger partial charge in [0.2, 0.25) is 0 Å². The summed E-state index contributed by atoms with van der Waals surface area (Å²) in [6.45, 7) is 6.04. The van der Waals surface area contributed by atoms with E-state index in [1.165, 1.54) is 0 Å². The number of nitrogens with zero attached hydrogens (tertiary/aromatic N) is 2. The first-order valence-electron chi connectivity index (χ1n) is 5.63. The van der Waals surface area contributed by atoms with E-state index in [1.807, 2.05) is 38.2 Å². The summed E-state index contributed by atoms with van der Waals surface area (Å²) in [6, 6.07) is 7.76. The fraction of sp³-hybridized carbons (Fsp3) is 0.133. The van der Waals surface area contributed by atoms with Gasteiger partial charge in [0, 0.05) is 24.5 Å². The second kappa shape index (κ2) is 4.80. The molecule has 0 bridgehead atoms. The average molecular weight is 237 g/mol. The second-order valence-corrected chi connectivity index (χ2v) is 4.12. The van der Waals surface area contributed by atoms with E-state index < -0.39 is 0 Å². The number of anilines is 1. The lowest BCUT2D eigenvalue weighted by Gasteiger charge is -2.12. The van der Waals surface area contributed by atoms with E-state index in [0.717, 1.165) is 28.2 Å². The van der Waals surface area contributed by atoms with Crippen molar-refractivity contribution in [3.8, 4) is 12.3 Å². The van der Waals surface area contributed by atoms with Crippen LogP contribution in [0.3, 0.4) is 0 Å². The number of benzene rings is 1. The molecule has 0 spiro atoms. The Bertz CT molecular complexity index is 629. The third kappa shape index (κ3) is 2.28. The van der Waals surface area contributed by atoms with Gasteiger partial charge >= 0.3 is 0 Å². The van der Waals surface area contributed by atoms with Crippen molar-refractivity contribution in [2.24, 2.45) is 7.05 Å². The molecule has 1 N–H and O–H groups in total. The molecule has 3 heteroatoms. The molecular weight excluding hydrogens is 222 g/mol. The number of hydrogen-bond donors (Lipinski definition) is 1. The van der Waals surface area contributed by atoms with Gasteiger partial charge in [-0.25, -0.2) is 0 Å². The predicted molar refractivity (Wildman–Crippen MR) is 75.0 cm³/mol. The van der Waals surface area contributed by atoms with Crippen LogP contribution in [0, 0.1) is 19.3 Å². The SMILES string of the molecule is C#Cc1ccc(NC(=C)c2ccnn2C)c(C)c1. The standard InChI is InChI=1S/C15H15N3/c1-5-13-6-7-14(11(2)10-13)17-12(3)15-8-9-16-18(15)4/h1,6-10,17H,3H2,2,4H3. The summed E-state index contributed by atoms with van der Waals surface area (Å²) in [5.74, 6) is 2.62. The Kier molecular flexibility index (Phi) is 3.20. The summed E-state index contributed by atoms with van der Waals surface area (Å²) in [5, 5.41) is 7.40. The van der Waals surface area contributed by atoms with Crippen molar-refractivity contribution < 1.29 is 0 Å². The van der Waals surface area contributed by atoms with Gasteiger partial charge in [0.25, 0.3) is 0 Å². The van der Waals surface area contributed by atoms with Crippen LogP contribution in [0.15, 0.2) is 37.0 Å². The Balaban J connectivity index is 2.23. The topological polar surface area (TPSA) is 29.9 Å². The summed E-state index contributed by atoms with van der Waals surface area (Å²) in [7, 11) is 1.89. The van der Waals surface area contributed by atoms with Crippen LogP contribution >= 0.6 is 0 Å². The van der Waals surface area contributed by atoms with Gasteiger partial charge in [0.1, 0.15) is 0 Å². The summed E-state index contributed by atoms with van der Waals surface area (Å²) in [5.41, 5.74) is 4.74. The van der Waals surface area contributed by atoms with Crippen molar-refractivity contribution in [1.82, 2.24) is 9.78 Å². The summed E-state index contributed by atoms with van der Waals surface area (Å²) >= 11 is 0. The highest BCUT2D eigenvalue weighted by Gasteiger charge is 2.05. The maximum atomic E-state index is 5.37. The van der Waals surface area contributed by atoms with Gasteiger partial charge in [-0.3, -0.25) is 4.68 Å². The van der Waals surface area contributed by atoms with Gasteiger partial charge in [-0.05, 0) is 36.8 Å². The average Bonchev–Trinajstić information content (AvgIpc) is 2.78. The van der Waals surface area contributed by atoms with Crippen molar-refractivity contribution in [2.75, 3.05) is 5.32 Å². The Morgan fingerprint density at radius 1 is 1.44 bits per heavy atom. The van der Waals surface area contributed by atoms with Gasteiger partial charge in [0.15, 0.2) is 0 Å². The first-order valence-corrected chi connectivity index (χ1v) is 5.63. The third-order valence-corrected chi connectivity index (χ3v) is 2.81. The van der Waals surface area contributed by atoms with Crippen LogP contribution in [0.4, 0.5) is 5.69 Å². The van der Waals surface area contributed by atoms with E-state index >= 15 is 0 Å². The molecule has 2 aromatic rings. The van der Waals surface area contributed by atoms with Crippen molar-refractivity contribution in [2.45, 2.75) is 6.92 Å². The number of hydrogen-bond acceptors (Lipinski definition) is 2. The molecule has 0 saturated carbocycles. The lowest BCUT2D eigenvalue weighted by Crippen LogP contribution is -2.04. The van der Waals surface area contributed by atoms with E-state index in [9.17, 15) is 0 Å². The van der Waals surface area contributed by atoms with Crippen LogP contribution < -0.4 is 5.32 Å². The van der Waals surface area contributed by atoms with Gasteiger partial charge < -0.3 is 5.32 Å².